The van der Waals surface area contributed by atoms with Crippen LogP contribution in [0.3, 0.4) is 0 Å². The van der Waals surface area contributed by atoms with Crippen molar-refractivity contribution in [1.82, 2.24) is 0 Å². The average molecular weight is 262 g/mol. The first kappa shape index (κ1) is 12.4. The molecule has 1 N–H and O–H groups in total. The first-order valence-electron chi connectivity index (χ1n) is 6.57. The molecular weight excluding hydrogens is 244 g/mol. The third kappa shape index (κ3) is 2.16. The van der Waals surface area contributed by atoms with E-state index in [-0.39, 0.29) is 6.10 Å². The molecule has 0 aromatic heterocycles. The zero-order valence-corrected chi connectivity index (χ0v) is 11.2. The molecule has 0 spiro atoms. The lowest BCUT2D eigenvalue weighted by Crippen LogP contribution is -2.06. The van der Waals surface area contributed by atoms with Gasteiger partial charge in [-0.1, -0.05) is 0 Å². The molecule has 2 unspecified atom stereocenters. The summed E-state index contributed by atoms with van der Waals surface area (Å²) in [6.45, 7) is 2.67. The quantitative estimate of drug-likeness (QED) is 0.908. The fourth-order valence-corrected chi connectivity index (χ4v) is 2.63. The predicted octanol–water partition coefficient (Wildman–Crippen LogP) is 2.36. The van der Waals surface area contributed by atoms with Crippen LogP contribution in [-0.4, -0.2) is 24.9 Å². The number of aliphatic hydroxyl groups is 1. The van der Waals surface area contributed by atoms with Crippen LogP contribution >= 0.6 is 0 Å². The molecule has 2 aliphatic heterocycles. The molecule has 3 rings (SSSR count). The van der Waals surface area contributed by atoms with E-state index in [1.807, 2.05) is 25.1 Å². The summed E-state index contributed by atoms with van der Waals surface area (Å²) in [5, 5.41) is 10.4. The van der Waals surface area contributed by atoms with Crippen molar-refractivity contribution in [3.63, 3.8) is 0 Å². The van der Waals surface area contributed by atoms with E-state index in [4.69, 9.17) is 14.2 Å². The lowest BCUT2D eigenvalue weighted by molar-refractivity contribution is 0.116. The highest BCUT2D eigenvalue weighted by atomic mass is 16.5. The SMILES string of the molecule is COc1cc2c(cc1C(O)C1=CCCO1)OC(C)C2. The molecule has 2 aliphatic rings. The molecular formula is C15H18O4. The second-order valence-corrected chi connectivity index (χ2v) is 4.98. The maximum atomic E-state index is 10.4. The predicted molar refractivity (Wildman–Crippen MR) is 70.4 cm³/mol. The number of hydrogen-bond donors (Lipinski definition) is 1. The van der Waals surface area contributed by atoms with Crippen LogP contribution < -0.4 is 9.47 Å². The first-order chi connectivity index (χ1) is 9.19. The normalized spacial score (nSPS) is 22.3. The molecule has 0 amide bonds. The minimum absolute atomic E-state index is 0.175. The van der Waals surface area contributed by atoms with Gasteiger partial charge in [0.05, 0.1) is 13.7 Å². The Kier molecular flexibility index (Phi) is 3.11. The van der Waals surface area contributed by atoms with Crippen molar-refractivity contribution in [2.75, 3.05) is 13.7 Å². The van der Waals surface area contributed by atoms with Gasteiger partial charge in [-0.05, 0) is 25.1 Å². The Bertz CT molecular complexity index is 521. The van der Waals surface area contributed by atoms with E-state index in [1.54, 1.807) is 7.11 Å². The lowest BCUT2D eigenvalue weighted by Gasteiger charge is -2.17. The van der Waals surface area contributed by atoms with Gasteiger partial charge in [-0.25, -0.2) is 0 Å². The van der Waals surface area contributed by atoms with Gasteiger partial charge in [0, 0.05) is 24.0 Å². The van der Waals surface area contributed by atoms with Crippen molar-refractivity contribution in [3.05, 3.63) is 35.1 Å². The molecule has 0 saturated heterocycles. The van der Waals surface area contributed by atoms with Crippen LogP contribution in [0.15, 0.2) is 24.0 Å². The molecule has 0 saturated carbocycles. The van der Waals surface area contributed by atoms with Gasteiger partial charge in [-0.15, -0.1) is 0 Å². The largest absolute Gasteiger partial charge is 0.496 e. The minimum atomic E-state index is -0.790. The molecule has 2 atom stereocenters. The van der Waals surface area contributed by atoms with Gasteiger partial charge in [-0.3, -0.25) is 0 Å². The zero-order valence-electron chi connectivity index (χ0n) is 11.2. The lowest BCUT2D eigenvalue weighted by atomic mass is 10.0. The summed E-state index contributed by atoms with van der Waals surface area (Å²) < 4.78 is 16.5. The molecule has 0 aliphatic carbocycles. The summed E-state index contributed by atoms with van der Waals surface area (Å²) in [6.07, 6.45) is 3.02. The molecule has 1 aromatic carbocycles. The number of benzene rings is 1. The number of fused-ring (bicyclic) bond motifs is 1. The smallest absolute Gasteiger partial charge is 0.139 e. The maximum Gasteiger partial charge on any atom is 0.139 e. The number of rotatable bonds is 3. The second kappa shape index (κ2) is 4.78. The molecule has 0 radical (unpaired) electrons. The van der Waals surface area contributed by atoms with Crippen molar-refractivity contribution < 1.29 is 19.3 Å². The summed E-state index contributed by atoms with van der Waals surface area (Å²) in [6, 6.07) is 3.82. The van der Waals surface area contributed by atoms with Crippen LogP contribution in [0, 0.1) is 0 Å². The molecule has 19 heavy (non-hydrogen) atoms. The van der Waals surface area contributed by atoms with Gasteiger partial charge in [0.1, 0.15) is 29.5 Å². The van der Waals surface area contributed by atoms with Crippen LogP contribution in [0.25, 0.3) is 0 Å². The Morgan fingerprint density at radius 1 is 1.42 bits per heavy atom. The summed E-state index contributed by atoms with van der Waals surface area (Å²) in [7, 11) is 1.61. The average Bonchev–Trinajstić information content (AvgIpc) is 3.03. The highest BCUT2D eigenvalue weighted by molar-refractivity contribution is 5.50. The van der Waals surface area contributed by atoms with Crippen LogP contribution in [0.2, 0.25) is 0 Å². The zero-order chi connectivity index (χ0) is 13.4. The first-order valence-corrected chi connectivity index (χ1v) is 6.57. The van der Waals surface area contributed by atoms with Gasteiger partial charge >= 0.3 is 0 Å². The fourth-order valence-electron chi connectivity index (χ4n) is 2.63. The Hall–Kier alpha value is -1.68. The number of aliphatic hydroxyl groups excluding tert-OH is 1. The molecule has 4 heteroatoms. The Balaban J connectivity index is 1.98. The number of hydrogen-bond acceptors (Lipinski definition) is 4. The van der Waals surface area contributed by atoms with Crippen LogP contribution in [0.4, 0.5) is 0 Å². The summed E-state index contributed by atoms with van der Waals surface area (Å²) >= 11 is 0. The van der Waals surface area contributed by atoms with Crippen molar-refractivity contribution in [1.29, 1.82) is 0 Å². The summed E-state index contributed by atoms with van der Waals surface area (Å²) in [5.74, 6) is 2.12. The van der Waals surface area contributed by atoms with E-state index in [2.05, 4.69) is 0 Å². The van der Waals surface area contributed by atoms with E-state index in [1.165, 1.54) is 0 Å². The van der Waals surface area contributed by atoms with Gasteiger partial charge in [-0.2, -0.15) is 0 Å². The maximum absolute atomic E-state index is 10.4. The van der Waals surface area contributed by atoms with Crippen molar-refractivity contribution in [2.45, 2.75) is 32.0 Å². The van der Waals surface area contributed by atoms with Gasteiger partial charge in [0.25, 0.3) is 0 Å². The van der Waals surface area contributed by atoms with Gasteiger partial charge in [0.15, 0.2) is 0 Å². The molecule has 4 nitrogen and oxygen atoms in total. The Labute approximate surface area is 112 Å². The van der Waals surface area contributed by atoms with Crippen molar-refractivity contribution in [3.8, 4) is 11.5 Å². The molecule has 102 valence electrons. The van der Waals surface area contributed by atoms with E-state index >= 15 is 0 Å². The third-order valence-corrected chi connectivity index (χ3v) is 3.54. The highest BCUT2D eigenvalue weighted by Crippen LogP contribution is 2.40. The van der Waals surface area contributed by atoms with E-state index < -0.39 is 6.10 Å². The van der Waals surface area contributed by atoms with Crippen molar-refractivity contribution >= 4 is 0 Å². The highest BCUT2D eigenvalue weighted by Gasteiger charge is 2.27. The van der Waals surface area contributed by atoms with E-state index in [0.717, 1.165) is 24.2 Å². The van der Waals surface area contributed by atoms with Crippen molar-refractivity contribution in [2.24, 2.45) is 0 Å². The van der Waals surface area contributed by atoms with Crippen LogP contribution in [0.1, 0.15) is 30.6 Å². The Morgan fingerprint density at radius 2 is 2.26 bits per heavy atom. The minimum Gasteiger partial charge on any atom is -0.496 e. The standard InChI is InChI=1S/C15H18O4/c1-9-6-10-7-14(17-2)11(8-13(10)19-9)15(16)12-4-3-5-18-12/h4,7-9,15-16H,3,5-6H2,1-2H3. The van der Waals surface area contributed by atoms with Crippen LogP contribution in [-0.2, 0) is 11.2 Å². The van der Waals surface area contributed by atoms with E-state index in [0.29, 0.717) is 23.7 Å². The number of methoxy groups -OCH3 is 1. The summed E-state index contributed by atoms with van der Waals surface area (Å²) in [5.41, 5.74) is 1.82. The second-order valence-electron chi connectivity index (χ2n) is 4.98. The number of ether oxygens (including phenoxy) is 3. The topological polar surface area (TPSA) is 47.9 Å². The fraction of sp³-hybridized carbons (Fsp3) is 0.467. The summed E-state index contributed by atoms with van der Waals surface area (Å²) in [4.78, 5) is 0. The molecule has 0 fully saturated rings. The molecule has 2 heterocycles. The third-order valence-electron chi connectivity index (χ3n) is 3.54. The van der Waals surface area contributed by atoms with Crippen LogP contribution in [0.5, 0.6) is 11.5 Å². The monoisotopic (exact) mass is 262 g/mol. The Morgan fingerprint density at radius 3 is 2.95 bits per heavy atom. The van der Waals surface area contributed by atoms with Gasteiger partial charge in [0.2, 0.25) is 0 Å². The molecule has 1 aromatic rings. The molecule has 0 bridgehead atoms. The van der Waals surface area contributed by atoms with Gasteiger partial charge < -0.3 is 19.3 Å². The van der Waals surface area contributed by atoms with E-state index in [9.17, 15) is 5.11 Å².